The molecule has 118 valence electrons. The maximum atomic E-state index is 12.2. The van der Waals surface area contributed by atoms with Crippen LogP contribution in [0.2, 0.25) is 5.02 Å². The molecule has 0 saturated carbocycles. The van der Waals surface area contributed by atoms with Crippen LogP contribution in [0.3, 0.4) is 0 Å². The number of carboxylic acids is 1. The van der Waals surface area contributed by atoms with Crippen LogP contribution in [0, 0.1) is 0 Å². The van der Waals surface area contributed by atoms with Crippen molar-refractivity contribution in [1.29, 1.82) is 0 Å². The lowest BCUT2D eigenvalue weighted by atomic mass is 10.1. The van der Waals surface area contributed by atoms with Gasteiger partial charge >= 0.3 is 5.97 Å². The Morgan fingerprint density at radius 3 is 2.43 bits per heavy atom. The van der Waals surface area contributed by atoms with Gasteiger partial charge in [-0.1, -0.05) is 39.7 Å². The third-order valence-corrected chi connectivity index (χ3v) is 3.84. The minimum atomic E-state index is -1.16. The van der Waals surface area contributed by atoms with Crippen LogP contribution in [-0.2, 0) is 4.79 Å². The predicted octanol–water partition coefficient (Wildman–Crippen LogP) is 4.84. The SMILES string of the molecule is C/C(=C\c1ccc(Br)cc1)C(=O)Nc1ccc(Cl)cc1C(=O)O. The Morgan fingerprint density at radius 2 is 1.83 bits per heavy atom. The van der Waals surface area contributed by atoms with Crippen LogP contribution in [0.5, 0.6) is 0 Å². The second-order valence-corrected chi connectivity index (χ2v) is 6.18. The summed E-state index contributed by atoms with van der Waals surface area (Å²) in [4.78, 5) is 23.4. The summed E-state index contributed by atoms with van der Waals surface area (Å²) in [6.45, 7) is 1.66. The maximum absolute atomic E-state index is 12.2. The lowest BCUT2D eigenvalue weighted by molar-refractivity contribution is -0.112. The average Bonchev–Trinajstić information content (AvgIpc) is 2.51. The van der Waals surface area contributed by atoms with Gasteiger partial charge in [-0.05, 0) is 48.9 Å². The van der Waals surface area contributed by atoms with Gasteiger partial charge in [0.15, 0.2) is 0 Å². The Labute approximate surface area is 146 Å². The van der Waals surface area contributed by atoms with E-state index in [9.17, 15) is 14.7 Å². The van der Waals surface area contributed by atoms with E-state index in [-0.39, 0.29) is 17.2 Å². The smallest absolute Gasteiger partial charge is 0.337 e. The third kappa shape index (κ3) is 4.68. The highest BCUT2D eigenvalue weighted by Crippen LogP contribution is 2.22. The zero-order valence-electron chi connectivity index (χ0n) is 12.1. The summed E-state index contributed by atoms with van der Waals surface area (Å²) in [6.07, 6.45) is 1.72. The number of benzene rings is 2. The van der Waals surface area contributed by atoms with E-state index in [2.05, 4.69) is 21.2 Å². The van der Waals surface area contributed by atoms with Crippen molar-refractivity contribution in [3.63, 3.8) is 0 Å². The molecule has 0 spiro atoms. The molecule has 4 nitrogen and oxygen atoms in total. The van der Waals surface area contributed by atoms with E-state index in [1.54, 1.807) is 13.0 Å². The number of carbonyl (C=O) groups excluding carboxylic acids is 1. The van der Waals surface area contributed by atoms with Gasteiger partial charge in [0, 0.05) is 15.1 Å². The number of aromatic carboxylic acids is 1. The van der Waals surface area contributed by atoms with Crippen LogP contribution in [0.4, 0.5) is 5.69 Å². The van der Waals surface area contributed by atoms with Crippen molar-refractivity contribution in [3.8, 4) is 0 Å². The highest BCUT2D eigenvalue weighted by atomic mass is 79.9. The Balaban J connectivity index is 2.21. The summed E-state index contributed by atoms with van der Waals surface area (Å²) in [5, 5.41) is 12.1. The lowest BCUT2D eigenvalue weighted by Gasteiger charge is -2.09. The molecule has 0 unspecified atom stereocenters. The second kappa shape index (κ2) is 7.44. The second-order valence-electron chi connectivity index (χ2n) is 4.83. The first-order valence-corrected chi connectivity index (χ1v) is 7.82. The number of halogens is 2. The quantitative estimate of drug-likeness (QED) is 0.729. The van der Waals surface area contributed by atoms with Gasteiger partial charge in [0.25, 0.3) is 5.91 Å². The summed E-state index contributed by atoms with van der Waals surface area (Å²) in [7, 11) is 0. The van der Waals surface area contributed by atoms with Gasteiger partial charge in [-0.2, -0.15) is 0 Å². The molecule has 6 heteroatoms. The first-order chi connectivity index (χ1) is 10.9. The standard InChI is InChI=1S/C17H13BrClNO3/c1-10(8-11-2-4-12(18)5-3-11)16(21)20-15-7-6-13(19)9-14(15)17(22)23/h2-9H,1H3,(H,20,21)(H,22,23)/b10-8+. The summed E-state index contributed by atoms with van der Waals surface area (Å²) in [6, 6.07) is 11.8. The van der Waals surface area contributed by atoms with Crippen molar-refractivity contribution < 1.29 is 14.7 Å². The Kier molecular flexibility index (Phi) is 5.58. The molecular weight excluding hydrogens is 382 g/mol. The van der Waals surface area contributed by atoms with Crippen molar-refractivity contribution in [2.75, 3.05) is 5.32 Å². The summed E-state index contributed by atoms with van der Waals surface area (Å²) < 4.78 is 0.948. The molecular formula is C17H13BrClNO3. The number of anilines is 1. The van der Waals surface area contributed by atoms with E-state index in [4.69, 9.17) is 11.6 Å². The molecule has 0 aliphatic heterocycles. The van der Waals surface area contributed by atoms with E-state index in [0.717, 1.165) is 10.0 Å². The van der Waals surface area contributed by atoms with Crippen LogP contribution in [-0.4, -0.2) is 17.0 Å². The number of carbonyl (C=O) groups is 2. The molecule has 0 fully saturated rings. The highest BCUT2D eigenvalue weighted by Gasteiger charge is 2.14. The third-order valence-electron chi connectivity index (χ3n) is 3.07. The van der Waals surface area contributed by atoms with Gasteiger partial charge in [-0.15, -0.1) is 0 Å². The molecule has 0 aliphatic carbocycles. The molecule has 0 aliphatic rings. The van der Waals surface area contributed by atoms with E-state index in [0.29, 0.717) is 10.6 Å². The molecule has 0 aromatic heterocycles. The fraction of sp³-hybridized carbons (Fsp3) is 0.0588. The fourth-order valence-corrected chi connectivity index (χ4v) is 2.33. The van der Waals surface area contributed by atoms with Crippen LogP contribution in [0.1, 0.15) is 22.8 Å². The molecule has 2 N–H and O–H groups in total. The minimum Gasteiger partial charge on any atom is -0.478 e. The number of nitrogens with one attached hydrogen (secondary N) is 1. The molecule has 0 bridgehead atoms. The summed E-state index contributed by atoms with van der Waals surface area (Å²) >= 11 is 9.13. The number of hydrogen-bond acceptors (Lipinski definition) is 2. The predicted molar refractivity (Wildman–Crippen MR) is 94.8 cm³/mol. The van der Waals surface area contributed by atoms with Gasteiger partial charge < -0.3 is 10.4 Å². The summed E-state index contributed by atoms with van der Waals surface area (Å²) in [5.74, 6) is -1.53. The van der Waals surface area contributed by atoms with Crippen molar-refractivity contribution in [1.82, 2.24) is 0 Å². The zero-order chi connectivity index (χ0) is 17.0. The first kappa shape index (κ1) is 17.2. The number of carboxylic acid groups (broad SMARTS) is 1. The van der Waals surface area contributed by atoms with Crippen LogP contribution in [0.15, 0.2) is 52.5 Å². The lowest BCUT2D eigenvalue weighted by Crippen LogP contribution is -2.15. The monoisotopic (exact) mass is 393 g/mol. The maximum Gasteiger partial charge on any atom is 0.337 e. The largest absolute Gasteiger partial charge is 0.478 e. The Hall–Kier alpha value is -2.11. The van der Waals surface area contributed by atoms with Gasteiger partial charge in [-0.3, -0.25) is 4.79 Å². The normalized spacial score (nSPS) is 11.2. The van der Waals surface area contributed by atoms with Gasteiger partial charge in [-0.25, -0.2) is 4.79 Å². The van der Waals surface area contributed by atoms with E-state index in [1.807, 2.05) is 24.3 Å². The van der Waals surface area contributed by atoms with E-state index < -0.39 is 5.97 Å². The van der Waals surface area contributed by atoms with E-state index >= 15 is 0 Å². The molecule has 0 atom stereocenters. The van der Waals surface area contributed by atoms with Gasteiger partial charge in [0.05, 0.1) is 11.3 Å². The highest BCUT2D eigenvalue weighted by molar-refractivity contribution is 9.10. The minimum absolute atomic E-state index is 0.0534. The van der Waals surface area contributed by atoms with Crippen LogP contribution >= 0.6 is 27.5 Å². The van der Waals surface area contributed by atoms with Crippen LogP contribution < -0.4 is 5.32 Å². The van der Waals surface area contributed by atoms with E-state index in [1.165, 1.54) is 18.2 Å². The zero-order valence-corrected chi connectivity index (χ0v) is 14.5. The molecule has 0 radical (unpaired) electrons. The molecule has 2 aromatic rings. The fourth-order valence-electron chi connectivity index (χ4n) is 1.90. The summed E-state index contributed by atoms with van der Waals surface area (Å²) in [5.41, 5.74) is 1.48. The van der Waals surface area contributed by atoms with Crippen LogP contribution in [0.25, 0.3) is 6.08 Å². The Bertz CT molecular complexity index is 785. The molecule has 1 amide bonds. The molecule has 2 rings (SSSR count). The Morgan fingerprint density at radius 1 is 1.17 bits per heavy atom. The molecule has 0 saturated heterocycles. The number of rotatable bonds is 4. The molecule has 23 heavy (non-hydrogen) atoms. The van der Waals surface area contributed by atoms with Crippen molar-refractivity contribution in [2.24, 2.45) is 0 Å². The van der Waals surface area contributed by atoms with Crippen molar-refractivity contribution in [3.05, 3.63) is 68.7 Å². The number of hydrogen-bond donors (Lipinski definition) is 2. The van der Waals surface area contributed by atoms with Gasteiger partial charge in [0.1, 0.15) is 0 Å². The topological polar surface area (TPSA) is 66.4 Å². The number of amides is 1. The van der Waals surface area contributed by atoms with Crippen molar-refractivity contribution >= 4 is 51.2 Å². The average molecular weight is 395 g/mol. The van der Waals surface area contributed by atoms with Gasteiger partial charge in [0.2, 0.25) is 0 Å². The molecule has 2 aromatic carbocycles. The molecule has 0 heterocycles. The first-order valence-electron chi connectivity index (χ1n) is 6.65. The van der Waals surface area contributed by atoms with Crippen molar-refractivity contribution in [2.45, 2.75) is 6.92 Å².